The van der Waals surface area contributed by atoms with Gasteiger partial charge in [-0.3, -0.25) is 14.5 Å². The molecule has 0 aliphatic carbocycles. The van der Waals surface area contributed by atoms with Crippen LogP contribution in [0.15, 0.2) is 54.7 Å². The number of fused-ring (bicyclic) bond motifs is 1. The van der Waals surface area contributed by atoms with E-state index in [9.17, 15) is 14.4 Å². The first kappa shape index (κ1) is 20.4. The second-order valence-electron chi connectivity index (χ2n) is 7.85. The van der Waals surface area contributed by atoms with Gasteiger partial charge in [0.1, 0.15) is 5.54 Å². The maximum absolute atomic E-state index is 13.2. The summed E-state index contributed by atoms with van der Waals surface area (Å²) in [7, 11) is 0. The molecule has 3 amide bonds. The summed E-state index contributed by atoms with van der Waals surface area (Å²) in [5.41, 5.74) is 1.63. The second-order valence-corrected chi connectivity index (χ2v) is 7.85. The molecular weight excluding hydrogens is 392 g/mol. The molecule has 1 saturated heterocycles. The highest BCUT2D eigenvalue weighted by Gasteiger charge is 2.50. The van der Waals surface area contributed by atoms with Gasteiger partial charge in [0.05, 0.1) is 19.0 Å². The fraction of sp³-hybridized carbons (Fsp3) is 0.250. The minimum atomic E-state index is -1.22. The van der Waals surface area contributed by atoms with Gasteiger partial charge >= 0.3 is 6.03 Å². The van der Waals surface area contributed by atoms with Crippen molar-refractivity contribution >= 4 is 28.6 Å². The number of benzene rings is 2. The van der Waals surface area contributed by atoms with E-state index in [0.29, 0.717) is 24.1 Å². The Morgan fingerprint density at radius 3 is 2.58 bits per heavy atom. The Morgan fingerprint density at radius 2 is 1.84 bits per heavy atom. The van der Waals surface area contributed by atoms with E-state index >= 15 is 0 Å². The summed E-state index contributed by atoms with van der Waals surface area (Å²) in [6.07, 6.45) is 2.01. The third kappa shape index (κ3) is 3.36. The lowest BCUT2D eigenvalue weighted by molar-refractivity contribution is -0.130. The minimum Gasteiger partial charge on any atom is -0.346 e. The number of ketones is 1. The van der Waals surface area contributed by atoms with E-state index in [2.05, 4.69) is 11.4 Å². The molecule has 2 aromatic carbocycles. The van der Waals surface area contributed by atoms with Crippen LogP contribution in [0.4, 0.5) is 4.79 Å². The smallest absolute Gasteiger partial charge is 0.325 e. The van der Waals surface area contributed by atoms with Gasteiger partial charge in [-0.05, 0) is 31.0 Å². The lowest BCUT2D eigenvalue weighted by atomic mass is 9.88. The molecule has 31 heavy (non-hydrogen) atoms. The van der Waals surface area contributed by atoms with Gasteiger partial charge in [-0.25, -0.2) is 4.79 Å². The zero-order valence-electron chi connectivity index (χ0n) is 17.4. The number of amides is 3. The molecule has 156 valence electrons. The van der Waals surface area contributed by atoms with Gasteiger partial charge in [-0.15, -0.1) is 0 Å². The number of nitrogens with zero attached hydrogens (tertiary/aromatic N) is 3. The predicted molar refractivity (Wildman–Crippen MR) is 115 cm³/mol. The molecule has 0 saturated carbocycles. The molecule has 1 fully saturated rings. The summed E-state index contributed by atoms with van der Waals surface area (Å²) in [6, 6.07) is 16.3. The molecular formula is C24H22N4O3. The molecule has 1 atom stereocenters. The van der Waals surface area contributed by atoms with Crippen LogP contribution >= 0.6 is 0 Å². The summed E-state index contributed by atoms with van der Waals surface area (Å²) in [6.45, 7) is 3.65. The van der Waals surface area contributed by atoms with Crippen molar-refractivity contribution in [3.63, 3.8) is 0 Å². The van der Waals surface area contributed by atoms with Gasteiger partial charge in [-0.2, -0.15) is 5.26 Å². The zero-order valence-corrected chi connectivity index (χ0v) is 17.4. The van der Waals surface area contributed by atoms with Gasteiger partial charge in [0, 0.05) is 29.2 Å². The Bertz CT molecular complexity index is 1250. The van der Waals surface area contributed by atoms with Gasteiger partial charge in [0.25, 0.3) is 5.91 Å². The number of hydrogen-bond acceptors (Lipinski definition) is 4. The molecule has 7 nitrogen and oxygen atoms in total. The molecule has 0 radical (unpaired) electrons. The normalized spacial score (nSPS) is 18.3. The summed E-state index contributed by atoms with van der Waals surface area (Å²) >= 11 is 0. The lowest BCUT2D eigenvalue weighted by Crippen LogP contribution is -2.42. The molecule has 1 unspecified atom stereocenters. The first-order valence-corrected chi connectivity index (χ1v) is 10.0. The number of carbonyl (C=O) groups is 3. The average Bonchev–Trinajstić information content (AvgIpc) is 3.23. The van der Waals surface area contributed by atoms with Gasteiger partial charge < -0.3 is 9.88 Å². The highest BCUT2D eigenvalue weighted by Crippen LogP contribution is 2.31. The number of imide groups is 1. The topological polar surface area (TPSA) is 95.2 Å². The number of para-hydroxylation sites is 1. The van der Waals surface area contributed by atoms with E-state index in [1.165, 1.54) is 0 Å². The van der Waals surface area contributed by atoms with Gasteiger partial charge in [0.15, 0.2) is 5.78 Å². The third-order valence-corrected chi connectivity index (χ3v) is 5.81. The molecule has 0 spiro atoms. The van der Waals surface area contributed by atoms with E-state index < -0.39 is 17.5 Å². The molecule has 3 aromatic rings. The highest BCUT2D eigenvalue weighted by atomic mass is 16.2. The Hall–Kier alpha value is -3.92. The monoisotopic (exact) mass is 414 g/mol. The Balaban J connectivity index is 1.64. The summed E-state index contributed by atoms with van der Waals surface area (Å²) in [5, 5.41) is 12.4. The number of aryl methyl sites for hydroxylation is 2. The number of aromatic nitrogens is 1. The quantitative estimate of drug-likeness (QED) is 0.493. The number of hydrogen-bond donors (Lipinski definition) is 1. The number of nitrogens with one attached hydrogen (secondary N) is 1. The van der Waals surface area contributed by atoms with Crippen molar-refractivity contribution in [3.05, 3.63) is 71.4 Å². The molecule has 0 bridgehead atoms. The predicted octanol–water partition coefficient (Wildman–Crippen LogP) is 3.51. The summed E-state index contributed by atoms with van der Waals surface area (Å²) in [5.74, 6) is -0.780. The van der Waals surface area contributed by atoms with E-state index in [-0.39, 0.29) is 12.3 Å². The van der Waals surface area contributed by atoms with Crippen LogP contribution in [0, 0.1) is 18.3 Å². The van der Waals surface area contributed by atoms with Crippen LogP contribution in [0.5, 0.6) is 0 Å². The van der Waals surface area contributed by atoms with Crippen LogP contribution < -0.4 is 5.32 Å². The van der Waals surface area contributed by atoms with Crippen LogP contribution in [-0.2, 0) is 16.9 Å². The maximum atomic E-state index is 13.2. The first-order valence-electron chi connectivity index (χ1n) is 10.0. The Labute approximate surface area is 179 Å². The Morgan fingerprint density at radius 1 is 1.13 bits per heavy atom. The molecule has 1 aliphatic rings. The molecule has 1 aliphatic heterocycles. The van der Waals surface area contributed by atoms with E-state index in [4.69, 9.17) is 5.26 Å². The Kier molecular flexibility index (Phi) is 5.07. The minimum absolute atomic E-state index is 0.314. The molecule has 4 rings (SSSR count). The highest BCUT2D eigenvalue weighted by molar-refractivity contribution is 6.14. The standard InChI is InChI=1S/C24H22N4O3/c1-16-8-3-5-10-19(16)24(2)22(30)28(23(31)26-24)15-21(29)18-14-27(13-7-12-25)20-11-6-4-9-17(18)20/h3-6,8-11,14H,7,13,15H2,1-2H3,(H,26,31). The number of carbonyl (C=O) groups excluding carboxylic acids is 3. The first-order chi connectivity index (χ1) is 14.9. The summed E-state index contributed by atoms with van der Waals surface area (Å²) in [4.78, 5) is 40.0. The maximum Gasteiger partial charge on any atom is 0.325 e. The second kappa shape index (κ2) is 7.73. The number of rotatable bonds is 6. The average molecular weight is 414 g/mol. The van der Waals surface area contributed by atoms with E-state index in [1.807, 2.05) is 60.0 Å². The summed E-state index contributed by atoms with van der Waals surface area (Å²) < 4.78 is 1.86. The van der Waals surface area contributed by atoms with E-state index in [0.717, 1.165) is 21.4 Å². The largest absolute Gasteiger partial charge is 0.346 e. The number of Topliss-reactive ketones (excluding diaryl/α,β-unsaturated/α-hetero) is 1. The van der Waals surface area contributed by atoms with Crippen molar-refractivity contribution in [2.75, 3.05) is 6.54 Å². The van der Waals surface area contributed by atoms with Crippen molar-refractivity contribution in [2.45, 2.75) is 32.4 Å². The number of urea groups is 1. The lowest BCUT2D eigenvalue weighted by Gasteiger charge is -2.24. The van der Waals surface area contributed by atoms with Crippen molar-refractivity contribution in [1.82, 2.24) is 14.8 Å². The molecule has 1 N–H and O–H groups in total. The van der Waals surface area contributed by atoms with E-state index in [1.54, 1.807) is 13.1 Å². The van der Waals surface area contributed by atoms with Crippen molar-refractivity contribution in [2.24, 2.45) is 0 Å². The third-order valence-electron chi connectivity index (χ3n) is 5.81. The van der Waals surface area contributed by atoms with Crippen molar-refractivity contribution in [1.29, 1.82) is 5.26 Å². The fourth-order valence-electron chi connectivity index (χ4n) is 4.21. The fourth-order valence-corrected chi connectivity index (χ4v) is 4.21. The molecule has 2 heterocycles. The van der Waals surface area contributed by atoms with Gasteiger partial charge in [0.2, 0.25) is 0 Å². The van der Waals surface area contributed by atoms with Crippen LogP contribution in [0.2, 0.25) is 0 Å². The van der Waals surface area contributed by atoms with Crippen LogP contribution in [0.25, 0.3) is 10.9 Å². The molecule has 7 heteroatoms. The van der Waals surface area contributed by atoms with Crippen LogP contribution in [0.3, 0.4) is 0 Å². The van der Waals surface area contributed by atoms with Crippen LogP contribution in [0.1, 0.15) is 34.8 Å². The number of nitriles is 1. The van der Waals surface area contributed by atoms with Crippen LogP contribution in [-0.4, -0.2) is 33.7 Å². The molecule has 1 aromatic heterocycles. The van der Waals surface area contributed by atoms with Gasteiger partial charge in [-0.1, -0.05) is 42.5 Å². The van der Waals surface area contributed by atoms with Crippen molar-refractivity contribution in [3.8, 4) is 6.07 Å². The SMILES string of the molecule is Cc1ccccc1C1(C)NC(=O)N(CC(=O)c2cn(CCC#N)c3ccccc23)C1=O. The zero-order chi connectivity index (χ0) is 22.2. The van der Waals surface area contributed by atoms with Crippen molar-refractivity contribution < 1.29 is 14.4 Å².